The number of unbranched alkanes of at least 4 members (excludes halogenated alkanes) is 1. The Kier molecular flexibility index (Phi) is 5.08. The maximum absolute atomic E-state index is 13.8. The average Bonchev–Trinajstić information content (AvgIpc) is 3.30. The van der Waals surface area contributed by atoms with Crippen molar-refractivity contribution in [2.24, 2.45) is 11.8 Å². The number of nitro groups is 1. The van der Waals surface area contributed by atoms with Crippen LogP contribution >= 0.6 is 0 Å². The van der Waals surface area contributed by atoms with Gasteiger partial charge in [0.15, 0.2) is 5.78 Å². The molecule has 2 amide bonds. The first-order chi connectivity index (χ1) is 15.9. The minimum absolute atomic E-state index is 0.160. The van der Waals surface area contributed by atoms with E-state index in [4.69, 9.17) is 0 Å². The summed E-state index contributed by atoms with van der Waals surface area (Å²) in [6.45, 7) is 2.33. The number of benzene rings is 2. The lowest BCUT2D eigenvalue weighted by atomic mass is 9.86. The minimum atomic E-state index is -0.920. The summed E-state index contributed by atoms with van der Waals surface area (Å²) in [5.41, 5.74) is 1.65. The Morgan fingerprint density at radius 3 is 2.58 bits per heavy atom. The lowest BCUT2D eigenvalue weighted by Crippen LogP contribution is -2.48. The largest absolute Gasteiger partial charge is 0.352 e. The van der Waals surface area contributed by atoms with Gasteiger partial charge in [-0.05, 0) is 18.1 Å². The summed E-state index contributed by atoms with van der Waals surface area (Å²) in [4.78, 5) is 54.6. The minimum Gasteiger partial charge on any atom is -0.352 e. The van der Waals surface area contributed by atoms with Crippen molar-refractivity contribution in [1.82, 2.24) is 4.90 Å². The predicted octanol–water partition coefficient (Wildman–Crippen LogP) is 3.46. The highest BCUT2D eigenvalue weighted by Crippen LogP contribution is 2.49. The number of rotatable bonds is 6. The summed E-state index contributed by atoms with van der Waals surface area (Å²) < 4.78 is 0. The molecule has 0 aromatic heterocycles. The van der Waals surface area contributed by atoms with Gasteiger partial charge in [-0.15, -0.1) is 0 Å². The zero-order chi connectivity index (χ0) is 23.3. The molecule has 3 heterocycles. The molecular formula is C25H23N3O5. The Morgan fingerprint density at radius 1 is 1.06 bits per heavy atom. The van der Waals surface area contributed by atoms with E-state index in [1.807, 2.05) is 48.2 Å². The fraction of sp³-hybridized carbons (Fsp3) is 0.320. The highest BCUT2D eigenvalue weighted by Gasteiger charge is 2.63. The standard InChI is InChI=1S/C25H23N3O5/c1-2-3-13-26-24(30)20-19-12-11-15-7-4-5-10-18(15)27(19)22(21(20)25(26)31)23(29)16-8-6-9-17(14-16)28(32)33/h4-12,14,19-22H,2-3,13H2,1H3/t19-,20+,21+,22-/m0/s1. The number of amides is 2. The first-order valence-corrected chi connectivity index (χ1v) is 11.1. The smallest absolute Gasteiger partial charge is 0.270 e. The second-order valence-electron chi connectivity index (χ2n) is 8.67. The Balaban J connectivity index is 1.62. The molecular weight excluding hydrogens is 422 g/mol. The number of hydrogen-bond acceptors (Lipinski definition) is 6. The van der Waals surface area contributed by atoms with E-state index < -0.39 is 28.8 Å². The van der Waals surface area contributed by atoms with Crippen LogP contribution in [0.2, 0.25) is 0 Å². The summed E-state index contributed by atoms with van der Waals surface area (Å²) in [7, 11) is 0. The number of nitrogens with zero attached hydrogens (tertiary/aromatic N) is 3. The zero-order valence-corrected chi connectivity index (χ0v) is 18.1. The summed E-state index contributed by atoms with van der Waals surface area (Å²) >= 11 is 0. The number of anilines is 1. The number of Topliss-reactive ketones (excluding diaryl/α,β-unsaturated/α-hetero) is 1. The molecule has 33 heavy (non-hydrogen) atoms. The summed E-state index contributed by atoms with van der Waals surface area (Å²) in [6.07, 6.45) is 5.37. The number of nitro benzene ring substituents is 1. The van der Waals surface area contributed by atoms with Gasteiger partial charge >= 0.3 is 0 Å². The molecule has 4 atom stereocenters. The van der Waals surface area contributed by atoms with E-state index >= 15 is 0 Å². The molecule has 2 aromatic rings. The van der Waals surface area contributed by atoms with Gasteiger partial charge in [-0.2, -0.15) is 0 Å². The third-order valence-corrected chi connectivity index (χ3v) is 6.85. The topological polar surface area (TPSA) is 101 Å². The van der Waals surface area contributed by atoms with Crippen molar-refractivity contribution in [2.75, 3.05) is 11.4 Å². The summed E-state index contributed by atoms with van der Waals surface area (Å²) in [5, 5.41) is 11.3. The molecule has 3 aliphatic heterocycles. The van der Waals surface area contributed by atoms with Gasteiger partial charge in [0.25, 0.3) is 5.69 Å². The molecule has 0 saturated carbocycles. The molecule has 0 N–H and O–H groups in total. The van der Waals surface area contributed by atoms with E-state index in [0.717, 1.165) is 17.7 Å². The summed E-state index contributed by atoms with van der Waals surface area (Å²) in [6, 6.07) is 11.8. The number of likely N-dealkylation sites (tertiary alicyclic amines) is 1. The number of non-ortho nitro benzene ring substituents is 1. The third kappa shape index (κ3) is 3.16. The Bertz CT molecular complexity index is 1210. The van der Waals surface area contributed by atoms with Crippen LogP contribution in [0.15, 0.2) is 54.6 Å². The number of imide groups is 1. The molecule has 5 rings (SSSR count). The van der Waals surface area contributed by atoms with Crippen LogP contribution < -0.4 is 4.90 Å². The second kappa shape index (κ2) is 7.95. The van der Waals surface area contributed by atoms with Gasteiger partial charge in [-0.3, -0.25) is 29.4 Å². The molecule has 0 aliphatic carbocycles. The van der Waals surface area contributed by atoms with Crippen LogP contribution in [-0.2, 0) is 9.59 Å². The van der Waals surface area contributed by atoms with Gasteiger partial charge in [-0.25, -0.2) is 0 Å². The molecule has 8 heteroatoms. The monoisotopic (exact) mass is 445 g/mol. The second-order valence-corrected chi connectivity index (χ2v) is 8.67. The van der Waals surface area contributed by atoms with Crippen molar-refractivity contribution in [1.29, 1.82) is 0 Å². The van der Waals surface area contributed by atoms with E-state index in [1.165, 1.54) is 29.2 Å². The fourth-order valence-corrected chi connectivity index (χ4v) is 5.36. The number of fused-ring (bicyclic) bond motifs is 5. The van der Waals surface area contributed by atoms with Crippen molar-refractivity contribution >= 4 is 35.0 Å². The lowest BCUT2D eigenvalue weighted by molar-refractivity contribution is -0.384. The zero-order valence-electron chi connectivity index (χ0n) is 18.1. The Hall–Kier alpha value is -3.81. The van der Waals surface area contributed by atoms with Crippen LogP contribution in [0, 0.1) is 22.0 Å². The maximum Gasteiger partial charge on any atom is 0.270 e. The quantitative estimate of drug-likeness (QED) is 0.292. The number of carbonyl (C=O) groups excluding carboxylic acids is 3. The van der Waals surface area contributed by atoms with Gasteiger partial charge in [0, 0.05) is 29.9 Å². The van der Waals surface area contributed by atoms with E-state index in [0.29, 0.717) is 13.0 Å². The van der Waals surface area contributed by atoms with Crippen LogP contribution in [0.3, 0.4) is 0 Å². The van der Waals surface area contributed by atoms with Crippen molar-refractivity contribution < 1.29 is 19.3 Å². The molecule has 2 saturated heterocycles. The van der Waals surface area contributed by atoms with Gasteiger partial charge in [0.1, 0.15) is 6.04 Å². The predicted molar refractivity (Wildman–Crippen MR) is 122 cm³/mol. The first-order valence-electron chi connectivity index (χ1n) is 11.1. The molecule has 0 bridgehead atoms. The highest BCUT2D eigenvalue weighted by atomic mass is 16.6. The third-order valence-electron chi connectivity index (χ3n) is 6.85. The SMILES string of the molecule is CCCCN1C(=O)[C@@H]2[C@H](C1=O)[C@@H]1C=Cc3ccccc3N1[C@@H]2C(=O)c1cccc([N+](=O)[O-])c1. The van der Waals surface area contributed by atoms with E-state index in [1.54, 1.807) is 0 Å². The number of para-hydroxylation sites is 1. The summed E-state index contributed by atoms with van der Waals surface area (Å²) in [5.74, 6) is -2.46. The van der Waals surface area contributed by atoms with Crippen LogP contribution in [0.1, 0.15) is 35.7 Å². The molecule has 2 fully saturated rings. The van der Waals surface area contributed by atoms with E-state index in [2.05, 4.69) is 0 Å². The van der Waals surface area contributed by atoms with Crippen LogP contribution in [-0.4, -0.2) is 46.0 Å². The van der Waals surface area contributed by atoms with Crippen molar-refractivity contribution in [2.45, 2.75) is 31.8 Å². The highest BCUT2D eigenvalue weighted by molar-refractivity contribution is 6.14. The van der Waals surface area contributed by atoms with Crippen LogP contribution in [0.4, 0.5) is 11.4 Å². The maximum atomic E-state index is 13.8. The molecule has 8 nitrogen and oxygen atoms in total. The van der Waals surface area contributed by atoms with Gasteiger partial charge < -0.3 is 4.90 Å². The fourth-order valence-electron chi connectivity index (χ4n) is 5.36. The number of ketones is 1. The number of hydrogen-bond donors (Lipinski definition) is 0. The number of carbonyl (C=O) groups is 3. The normalized spacial score (nSPS) is 25.1. The van der Waals surface area contributed by atoms with E-state index in [-0.39, 0.29) is 28.8 Å². The molecule has 3 aliphatic rings. The molecule has 0 radical (unpaired) electrons. The molecule has 2 aromatic carbocycles. The molecule has 0 unspecified atom stereocenters. The Labute approximate surface area is 190 Å². The molecule has 168 valence electrons. The van der Waals surface area contributed by atoms with E-state index in [9.17, 15) is 24.5 Å². The average molecular weight is 445 g/mol. The Morgan fingerprint density at radius 2 is 1.82 bits per heavy atom. The van der Waals surface area contributed by atoms with Crippen LogP contribution in [0.25, 0.3) is 6.08 Å². The van der Waals surface area contributed by atoms with Gasteiger partial charge in [0.05, 0.1) is 22.8 Å². The van der Waals surface area contributed by atoms with Crippen molar-refractivity contribution in [3.05, 3.63) is 75.8 Å². The van der Waals surface area contributed by atoms with Crippen LogP contribution in [0.5, 0.6) is 0 Å². The van der Waals surface area contributed by atoms with Crippen molar-refractivity contribution in [3.8, 4) is 0 Å². The van der Waals surface area contributed by atoms with Gasteiger partial charge in [0.2, 0.25) is 11.8 Å². The first kappa shape index (κ1) is 21.1. The van der Waals surface area contributed by atoms with Gasteiger partial charge in [-0.1, -0.05) is 55.8 Å². The lowest BCUT2D eigenvalue weighted by Gasteiger charge is -2.36. The molecule has 0 spiro atoms. The van der Waals surface area contributed by atoms with Crippen molar-refractivity contribution in [3.63, 3.8) is 0 Å².